The smallest absolute Gasteiger partial charge is 0.328 e. The number of hydrogen-bond acceptors (Lipinski definition) is 5. The molecule has 8 nitrogen and oxygen atoms in total. The summed E-state index contributed by atoms with van der Waals surface area (Å²) in [5, 5.41) is 23.7. The topological polar surface area (TPSA) is 111 Å². The van der Waals surface area contributed by atoms with E-state index in [9.17, 15) is 19.5 Å². The van der Waals surface area contributed by atoms with E-state index in [1.54, 1.807) is 30.3 Å². The Bertz CT molecular complexity index is 658. The van der Waals surface area contributed by atoms with Crippen molar-refractivity contribution in [3.63, 3.8) is 0 Å². The molecule has 0 fully saturated rings. The molecule has 122 valence electrons. The number of aliphatic carboxylic acids is 2. The minimum absolute atomic E-state index is 0.0249. The Labute approximate surface area is 132 Å². The molecule has 0 aromatic heterocycles. The van der Waals surface area contributed by atoms with Crippen molar-refractivity contribution in [2.24, 2.45) is 5.10 Å². The summed E-state index contributed by atoms with van der Waals surface area (Å²) in [5.74, 6) is -2.84. The van der Waals surface area contributed by atoms with Gasteiger partial charge >= 0.3 is 11.9 Å². The van der Waals surface area contributed by atoms with E-state index in [4.69, 9.17) is 5.11 Å². The fraction of sp³-hybridized carbons (Fsp3) is 0.333. The molecule has 0 saturated heterocycles. The molecular formula is C15H17N3O5. The Balaban J connectivity index is 2.28. The second kappa shape index (κ2) is 6.47. The fourth-order valence-electron chi connectivity index (χ4n) is 2.20. The Kier molecular flexibility index (Phi) is 4.63. The molecule has 1 aliphatic rings. The highest BCUT2D eigenvalue weighted by atomic mass is 16.4. The lowest BCUT2D eigenvalue weighted by atomic mass is 10.1. The molecule has 2 atom stereocenters. The molecule has 0 radical (unpaired) electrons. The average molecular weight is 319 g/mol. The molecule has 0 spiro atoms. The Hall–Kier alpha value is -2.90. The Morgan fingerprint density at radius 3 is 2.39 bits per heavy atom. The molecule has 0 aliphatic carbocycles. The summed E-state index contributed by atoms with van der Waals surface area (Å²) in [4.78, 5) is 35.8. The van der Waals surface area contributed by atoms with Gasteiger partial charge in [-0.1, -0.05) is 18.2 Å². The highest BCUT2D eigenvalue weighted by Crippen LogP contribution is 2.25. The monoisotopic (exact) mass is 319 g/mol. The first-order valence-electron chi connectivity index (χ1n) is 6.97. The number of hydrazone groups is 1. The number of likely N-dealkylation sites (N-methyl/N-ethyl adjacent to an activating group) is 1. The maximum absolute atomic E-state index is 12.3. The highest BCUT2D eigenvalue weighted by Gasteiger charge is 2.38. The quantitative estimate of drug-likeness (QED) is 0.824. The first-order valence-corrected chi connectivity index (χ1v) is 6.97. The largest absolute Gasteiger partial charge is 0.480 e. The number of amides is 1. The van der Waals surface area contributed by atoms with Crippen LogP contribution >= 0.6 is 0 Å². The molecule has 1 amide bonds. The van der Waals surface area contributed by atoms with Crippen LogP contribution < -0.4 is 5.01 Å². The predicted molar refractivity (Wildman–Crippen MR) is 82.3 cm³/mol. The lowest BCUT2D eigenvalue weighted by Crippen LogP contribution is -2.43. The number of carboxylic acids is 2. The van der Waals surface area contributed by atoms with Crippen LogP contribution in [0.5, 0.6) is 0 Å². The lowest BCUT2D eigenvalue weighted by molar-refractivity contribution is -0.146. The number of nitrogens with zero attached hydrogens (tertiary/aromatic N) is 3. The average Bonchev–Trinajstić information content (AvgIpc) is 2.99. The fourth-order valence-corrected chi connectivity index (χ4v) is 2.20. The Morgan fingerprint density at radius 2 is 1.87 bits per heavy atom. The number of carbonyl (C=O) groups excluding carboxylic acids is 1. The molecule has 2 unspecified atom stereocenters. The maximum atomic E-state index is 12.3. The molecule has 2 rings (SSSR count). The van der Waals surface area contributed by atoms with Crippen LogP contribution in [0.25, 0.3) is 0 Å². The van der Waals surface area contributed by atoms with E-state index in [-0.39, 0.29) is 12.1 Å². The van der Waals surface area contributed by atoms with Crippen LogP contribution in [0.2, 0.25) is 0 Å². The van der Waals surface area contributed by atoms with Crippen LogP contribution in [0.1, 0.15) is 13.3 Å². The zero-order chi connectivity index (χ0) is 17.1. The second-order valence-electron chi connectivity index (χ2n) is 5.22. The highest BCUT2D eigenvalue weighted by molar-refractivity contribution is 6.40. The van der Waals surface area contributed by atoms with Crippen molar-refractivity contribution in [3.8, 4) is 0 Å². The second-order valence-corrected chi connectivity index (χ2v) is 5.22. The first-order chi connectivity index (χ1) is 10.8. The minimum atomic E-state index is -1.14. The number of carboxylic acid groups (broad SMARTS) is 2. The van der Waals surface area contributed by atoms with Crippen LogP contribution in [0.15, 0.2) is 35.4 Å². The maximum Gasteiger partial charge on any atom is 0.328 e. The van der Waals surface area contributed by atoms with Crippen LogP contribution in [-0.4, -0.2) is 57.8 Å². The van der Waals surface area contributed by atoms with Gasteiger partial charge < -0.3 is 15.1 Å². The zero-order valence-electron chi connectivity index (χ0n) is 12.7. The van der Waals surface area contributed by atoms with Gasteiger partial charge in [0.2, 0.25) is 0 Å². The minimum Gasteiger partial charge on any atom is -0.480 e. The summed E-state index contributed by atoms with van der Waals surface area (Å²) in [5.41, 5.74) is 0.577. The summed E-state index contributed by atoms with van der Waals surface area (Å²) in [6.45, 7) is 1.37. The van der Waals surface area contributed by atoms with Crippen molar-refractivity contribution in [3.05, 3.63) is 30.3 Å². The van der Waals surface area contributed by atoms with Gasteiger partial charge in [-0.05, 0) is 19.1 Å². The number of carbonyl (C=O) groups is 3. The summed E-state index contributed by atoms with van der Waals surface area (Å²) in [6.07, 6.45) is -0.0836. The van der Waals surface area contributed by atoms with Crippen molar-refractivity contribution in [2.75, 3.05) is 12.1 Å². The summed E-state index contributed by atoms with van der Waals surface area (Å²) >= 11 is 0. The van der Waals surface area contributed by atoms with E-state index >= 15 is 0 Å². The molecule has 23 heavy (non-hydrogen) atoms. The van der Waals surface area contributed by atoms with Crippen molar-refractivity contribution >= 4 is 29.2 Å². The number of hydrogen-bond donors (Lipinski definition) is 2. The molecule has 2 N–H and O–H groups in total. The van der Waals surface area contributed by atoms with Gasteiger partial charge in [0.15, 0.2) is 6.04 Å². The lowest BCUT2D eigenvalue weighted by Gasteiger charge is -2.20. The van der Waals surface area contributed by atoms with Gasteiger partial charge in [0.05, 0.1) is 5.69 Å². The van der Waals surface area contributed by atoms with Crippen LogP contribution in [-0.2, 0) is 14.4 Å². The molecule has 8 heteroatoms. The molecule has 1 aliphatic heterocycles. The van der Waals surface area contributed by atoms with Gasteiger partial charge in [-0.2, -0.15) is 5.10 Å². The first kappa shape index (κ1) is 16.5. The third-order valence-corrected chi connectivity index (χ3v) is 3.72. The Morgan fingerprint density at radius 1 is 1.26 bits per heavy atom. The molecule has 1 heterocycles. The van der Waals surface area contributed by atoms with Crippen molar-refractivity contribution in [2.45, 2.75) is 25.4 Å². The van der Waals surface area contributed by atoms with Crippen molar-refractivity contribution in [1.82, 2.24) is 4.90 Å². The van der Waals surface area contributed by atoms with Gasteiger partial charge in [0.1, 0.15) is 11.8 Å². The SMILES string of the molecule is CC(C(=O)O)N(C)C(=O)C1=NN(c2ccccc2)C(C(=O)O)C1. The van der Waals surface area contributed by atoms with E-state index in [1.165, 1.54) is 19.0 Å². The van der Waals surface area contributed by atoms with E-state index < -0.39 is 29.9 Å². The van der Waals surface area contributed by atoms with E-state index in [0.29, 0.717) is 5.69 Å². The van der Waals surface area contributed by atoms with Gasteiger partial charge in [-0.15, -0.1) is 0 Å². The number of para-hydroxylation sites is 1. The number of benzene rings is 1. The number of anilines is 1. The molecule has 1 aromatic rings. The normalized spacial score (nSPS) is 18.3. The van der Waals surface area contributed by atoms with Crippen molar-refractivity contribution in [1.29, 1.82) is 0 Å². The predicted octanol–water partition coefficient (Wildman–Crippen LogP) is 0.637. The molecular weight excluding hydrogens is 302 g/mol. The van der Waals surface area contributed by atoms with E-state index in [1.807, 2.05) is 0 Å². The summed E-state index contributed by atoms with van der Waals surface area (Å²) < 4.78 is 0. The summed E-state index contributed by atoms with van der Waals surface area (Å²) in [6, 6.07) is 6.62. The van der Waals surface area contributed by atoms with Gasteiger partial charge in [-0.3, -0.25) is 9.80 Å². The molecule has 0 saturated carbocycles. The van der Waals surface area contributed by atoms with Crippen molar-refractivity contribution < 1.29 is 24.6 Å². The third kappa shape index (κ3) is 3.31. The van der Waals surface area contributed by atoms with Crippen LogP contribution in [0.3, 0.4) is 0 Å². The van der Waals surface area contributed by atoms with Gasteiger partial charge in [0.25, 0.3) is 5.91 Å². The summed E-state index contributed by atoms with van der Waals surface area (Å²) in [7, 11) is 1.35. The standard InChI is InChI=1S/C15H17N3O5/c1-9(14(20)21)17(2)13(19)11-8-12(15(22)23)18(16-11)10-6-4-3-5-7-10/h3-7,9,12H,8H2,1-2H3,(H,20,21)(H,22,23). The molecule has 0 bridgehead atoms. The van der Waals surface area contributed by atoms with Gasteiger partial charge in [0, 0.05) is 13.5 Å². The van der Waals surface area contributed by atoms with E-state index in [0.717, 1.165) is 4.90 Å². The van der Waals surface area contributed by atoms with E-state index in [2.05, 4.69) is 5.10 Å². The molecule has 1 aromatic carbocycles. The third-order valence-electron chi connectivity index (χ3n) is 3.72. The number of rotatable bonds is 5. The van der Waals surface area contributed by atoms with Gasteiger partial charge in [-0.25, -0.2) is 9.59 Å². The van der Waals surface area contributed by atoms with Crippen LogP contribution in [0.4, 0.5) is 5.69 Å². The van der Waals surface area contributed by atoms with Crippen LogP contribution in [0, 0.1) is 0 Å². The zero-order valence-corrected chi connectivity index (χ0v) is 12.7.